The minimum atomic E-state index is -1.13. The summed E-state index contributed by atoms with van der Waals surface area (Å²) in [6, 6.07) is -0.636. The molecule has 0 aromatic heterocycles. The number of ether oxygens (including phenoxy) is 1. The van der Waals surface area contributed by atoms with Crippen LogP contribution in [0.3, 0.4) is 0 Å². The fourth-order valence-corrected chi connectivity index (χ4v) is 4.42. The summed E-state index contributed by atoms with van der Waals surface area (Å²) in [6.45, 7) is 5.09. The highest BCUT2D eigenvalue weighted by Crippen LogP contribution is 2.13. The lowest BCUT2D eigenvalue weighted by molar-refractivity contribution is -0.147. The first-order valence-corrected chi connectivity index (χ1v) is 15.3. The highest BCUT2D eigenvalue weighted by atomic mass is 16.5. The van der Waals surface area contributed by atoms with Gasteiger partial charge in [-0.25, -0.2) is 14.5 Å². The summed E-state index contributed by atoms with van der Waals surface area (Å²) in [4.78, 5) is 49.7. The number of nitrogens with zero attached hydrogens (tertiary/aromatic N) is 2. The predicted octanol–water partition coefficient (Wildman–Crippen LogP) is 4.86. The van der Waals surface area contributed by atoms with E-state index in [1.165, 1.54) is 70.6 Å². The minimum absolute atomic E-state index is 0.0270. The van der Waals surface area contributed by atoms with Gasteiger partial charge < -0.3 is 26.6 Å². The number of rotatable bonds is 21. The number of guanidine groups is 1. The van der Waals surface area contributed by atoms with Crippen molar-refractivity contribution in [2.45, 2.75) is 135 Å². The normalized spacial score (nSPS) is 13.2. The van der Waals surface area contributed by atoms with Crippen molar-refractivity contribution in [3.8, 4) is 0 Å². The third-order valence-electron chi connectivity index (χ3n) is 6.66. The maximum atomic E-state index is 12.2. The zero-order valence-corrected chi connectivity index (χ0v) is 25.0. The van der Waals surface area contributed by atoms with Gasteiger partial charge in [0, 0.05) is 25.9 Å². The van der Waals surface area contributed by atoms with Crippen molar-refractivity contribution in [2.75, 3.05) is 19.7 Å². The number of imide groups is 1. The molecular weight excluding hydrogens is 514 g/mol. The molecule has 1 aliphatic heterocycles. The summed E-state index contributed by atoms with van der Waals surface area (Å²) in [5, 5.41) is 11.1. The van der Waals surface area contributed by atoms with Gasteiger partial charge in [0.05, 0.1) is 6.61 Å². The molecule has 3 amide bonds. The monoisotopic (exact) mass is 569 g/mol. The molecule has 1 heterocycles. The molecule has 1 atom stereocenters. The van der Waals surface area contributed by atoms with Crippen LogP contribution in [0.25, 0.3) is 0 Å². The Hall–Kier alpha value is -2.85. The van der Waals surface area contributed by atoms with Crippen LogP contribution in [0.4, 0.5) is 4.79 Å². The van der Waals surface area contributed by atoms with Crippen molar-refractivity contribution >= 4 is 29.8 Å². The van der Waals surface area contributed by atoms with E-state index in [4.69, 9.17) is 21.3 Å². The van der Waals surface area contributed by atoms with Gasteiger partial charge >= 0.3 is 12.1 Å². The predicted molar refractivity (Wildman–Crippen MR) is 158 cm³/mol. The lowest BCUT2D eigenvalue weighted by atomic mass is 10.0. The summed E-state index contributed by atoms with van der Waals surface area (Å²) >= 11 is 0. The van der Waals surface area contributed by atoms with Crippen molar-refractivity contribution in [1.29, 1.82) is 0 Å². The zero-order chi connectivity index (χ0) is 30.0. The topological polar surface area (TPSA) is 177 Å². The summed E-state index contributed by atoms with van der Waals surface area (Å²) < 4.78 is 5.07. The molecule has 1 aliphatic rings. The number of hydrogen-bond donors (Lipinski definition) is 4. The van der Waals surface area contributed by atoms with Crippen LogP contribution in [-0.2, 0) is 19.1 Å². The van der Waals surface area contributed by atoms with E-state index < -0.39 is 18.1 Å². The number of carboxylic acid groups (broad SMARTS) is 1. The van der Waals surface area contributed by atoms with E-state index in [0.29, 0.717) is 45.2 Å². The third-order valence-corrected chi connectivity index (χ3v) is 6.66. The van der Waals surface area contributed by atoms with Gasteiger partial charge in [0.25, 0.3) is 0 Å². The molecule has 11 heteroatoms. The third kappa shape index (κ3) is 21.0. The number of nitrogens with two attached hydrogens (primary N) is 2. The number of likely N-dealkylation sites (tertiary alicyclic amines) is 1. The molecule has 0 bridgehead atoms. The Morgan fingerprint density at radius 2 is 1.48 bits per heavy atom. The largest absolute Gasteiger partial charge is 0.465 e. The Labute approximate surface area is 240 Å². The maximum Gasteiger partial charge on any atom is 0.414 e. The first-order chi connectivity index (χ1) is 19.2. The number of amides is 3. The van der Waals surface area contributed by atoms with Crippen LogP contribution in [0.2, 0.25) is 0 Å². The average molecular weight is 570 g/mol. The molecule has 0 spiro atoms. The molecule has 0 aromatic carbocycles. The van der Waals surface area contributed by atoms with Crippen LogP contribution in [0.15, 0.2) is 4.99 Å². The molecular formula is C29H55N5O6. The first kappa shape index (κ1) is 37.1. The number of unbranched alkanes of at least 4 members (excludes halogenated alkanes) is 12. The highest BCUT2D eigenvalue weighted by molar-refractivity contribution is 5.92. The molecule has 40 heavy (non-hydrogen) atoms. The van der Waals surface area contributed by atoms with Crippen molar-refractivity contribution in [3.05, 3.63) is 0 Å². The van der Waals surface area contributed by atoms with Crippen molar-refractivity contribution in [2.24, 2.45) is 16.5 Å². The van der Waals surface area contributed by atoms with E-state index in [-0.39, 0.29) is 24.4 Å². The van der Waals surface area contributed by atoms with E-state index >= 15 is 0 Å². The van der Waals surface area contributed by atoms with E-state index in [1.807, 2.05) is 0 Å². The van der Waals surface area contributed by atoms with Gasteiger partial charge in [-0.1, -0.05) is 84.0 Å². The molecule has 0 radical (unpaired) electrons. The molecule has 0 saturated carbocycles. The van der Waals surface area contributed by atoms with Crippen LogP contribution in [0, 0.1) is 0 Å². The summed E-state index contributed by atoms with van der Waals surface area (Å²) in [6.07, 6.45) is 18.0. The van der Waals surface area contributed by atoms with Crippen molar-refractivity contribution < 1.29 is 29.0 Å². The number of carbonyl (C=O) groups is 4. The second kappa shape index (κ2) is 25.1. The Morgan fingerprint density at radius 1 is 0.925 bits per heavy atom. The standard InChI is InChI=1S/C24H48N4O3.C5H7NO3/c1-3-5-6-7-8-9-10-11-12-13-14-15-16-19-22(29)28-21(23(30)31-4-2)18-17-20-27-24(25)26;7-4-2-1-3-6(4)5(8)9/h21H,3-20H2,1-2H3,(H,28,29)(H4,25,26,27);1-3H2,(H,8,9)/t21-;/m0./s1. The van der Waals surface area contributed by atoms with Gasteiger partial charge in [0.15, 0.2) is 5.96 Å². The van der Waals surface area contributed by atoms with Crippen molar-refractivity contribution in [1.82, 2.24) is 10.2 Å². The lowest BCUT2D eigenvalue weighted by Crippen LogP contribution is -2.42. The number of esters is 1. The molecule has 1 fully saturated rings. The van der Waals surface area contributed by atoms with Crippen LogP contribution in [-0.4, -0.2) is 65.6 Å². The summed E-state index contributed by atoms with van der Waals surface area (Å²) in [5.41, 5.74) is 10.6. The molecule has 232 valence electrons. The second-order valence-electron chi connectivity index (χ2n) is 10.2. The van der Waals surface area contributed by atoms with Crippen molar-refractivity contribution in [3.63, 3.8) is 0 Å². The second-order valence-corrected chi connectivity index (χ2v) is 10.2. The average Bonchev–Trinajstić information content (AvgIpc) is 3.35. The Kier molecular flexibility index (Phi) is 23.3. The lowest BCUT2D eigenvalue weighted by Gasteiger charge is -2.17. The fraction of sp³-hybridized carbons (Fsp3) is 0.828. The number of nitrogens with one attached hydrogen (secondary N) is 1. The quantitative estimate of drug-likeness (QED) is 0.0655. The molecule has 0 unspecified atom stereocenters. The summed E-state index contributed by atoms with van der Waals surface area (Å²) in [7, 11) is 0. The summed E-state index contributed by atoms with van der Waals surface area (Å²) in [5.74, 6) is -0.740. The van der Waals surface area contributed by atoms with Crippen LogP contribution >= 0.6 is 0 Å². The molecule has 6 N–H and O–H groups in total. The van der Waals surface area contributed by atoms with Gasteiger partial charge in [-0.2, -0.15) is 0 Å². The smallest absolute Gasteiger partial charge is 0.414 e. The molecule has 1 rings (SSSR count). The van der Waals surface area contributed by atoms with Gasteiger partial charge in [-0.05, 0) is 32.6 Å². The molecule has 0 aliphatic carbocycles. The number of aliphatic imine (C=N–C) groups is 1. The van der Waals surface area contributed by atoms with Gasteiger partial charge in [0.2, 0.25) is 11.8 Å². The Bertz CT molecular complexity index is 742. The van der Waals surface area contributed by atoms with E-state index in [9.17, 15) is 19.2 Å². The maximum absolute atomic E-state index is 12.2. The molecule has 1 saturated heterocycles. The van der Waals surface area contributed by atoms with E-state index in [1.54, 1.807) is 6.92 Å². The zero-order valence-electron chi connectivity index (χ0n) is 25.0. The van der Waals surface area contributed by atoms with Gasteiger partial charge in [-0.15, -0.1) is 0 Å². The molecule has 0 aromatic rings. The van der Waals surface area contributed by atoms with Crippen LogP contribution in [0.5, 0.6) is 0 Å². The van der Waals surface area contributed by atoms with E-state index in [2.05, 4.69) is 17.2 Å². The highest BCUT2D eigenvalue weighted by Gasteiger charge is 2.25. The fourth-order valence-electron chi connectivity index (χ4n) is 4.42. The SMILES string of the molecule is CCCCCCCCCCCCCCCC(=O)N[C@@H](CCCN=C(N)N)C(=O)OCC.O=C(O)N1CCCC1=O. The van der Waals surface area contributed by atoms with Gasteiger partial charge in [-0.3, -0.25) is 14.6 Å². The minimum Gasteiger partial charge on any atom is -0.465 e. The van der Waals surface area contributed by atoms with Crippen LogP contribution in [0.1, 0.15) is 129 Å². The first-order valence-electron chi connectivity index (χ1n) is 15.3. The van der Waals surface area contributed by atoms with Gasteiger partial charge in [0.1, 0.15) is 6.04 Å². The van der Waals surface area contributed by atoms with E-state index in [0.717, 1.165) is 17.7 Å². The Balaban J connectivity index is 0.00000141. The molecule has 11 nitrogen and oxygen atoms in total. The van der Waals surface area contributed by atoms with Crippen LogP contribution < -0.4 is 16.8 Å². The number of carbonyl (C=O) groups excluding carboxylic acids is 3. The number of hydrogen-bond acceptors (Lipinski definition) is 6. The Morgan fingerprint density at radius 3 is 1.90 bits per heavy atom.